The van der Waals surface area contributed by atoms with E-state index in [0.29, 0.717) is 18.9 Å². The van der Waals surface area contributed by atoms with Crippen LogP contribution in [0.1, 0.15) is 31.2 Å². The molecular weight excluding hydrogens is 323 g/mol. The Bertz CT molecular complexity index is 548. The average Bonchev–Trinajstić information content (AvgIpc) is 2.53. The first-order valence-electron chi connectivity index (χ1n) is 8.09. The SMILES string of the molecule is O=C(O)CCC1CCCN(CCOc2ccccc2C(F)(F)F)C1. The van der Waals surface area contributed by atoms with Crippen molar-refractivity contribution >= 4 is 5.97 Å². The molecule has 0 spiro atoms. The van der Waals surface area contributed by atoms with E-state index in [4.69, 9.17) is 9.84 Å². The van der Waals surface area contributed by atoms with Gasteiger partial charge in [-0.1, -0.05) is 12.1 Å². The number of aliphatic carboxylic acids is 1. The number of rotatable bonds is 7. The van der Waals surface area contributed by atoms with Crippen LogP contribution >= 0.6 is 0 Å². The van der Waals surface area contributed by atoms with Crippen molar-refractivity contribution in [3.05, 3.63) is 29.8 Å². The summed E-state index contributed by atoms with van der Waals surface area (Å²) >= 11 is 0. The summed E-state index contributed by atoms with van der Waals surface area (Å²) in [7, 11) is 0. The van der Waals surface area contributed by atoms with Gasteiger partial charge in [0.2, 0.25) is 0 Å². The molecule has 1 saturated heterocycles. The number of carboxylic acid groups (broad SMARTS) is 1. The average molecular weight is 345 g/mol. The van der Waals surface area contributed by atoms with Crippen molar-refractivity contribution in [1.29, 1.82) is 0 Å². The van der Waals surface area contributed by atoms with E-state index in [0.717, 1.165) is 32.0 Å². The van der Waals surface area contributed by atoms with E-state index >= 15 is 0 Å². The number of alkyl halides is 3. The second-order valence-corrected chi connectivity index (χ2v) is 6.08. The van der Waals surface area contributed by atoms with E-state index in [1.807, 2.05) is 0 Å². The number of nitrogens with zero attached hydrogens (tertiary/aromatic N) is 1. The Morgan fingerprint density at radius 1 is 1.33 bits per heavy atom. The van der Waals surface area contributed by atoms with E-state index in [1.54, 1.807) is 0 Å². The van der Waals surface area contributed by atoms with E-state index in [9.17, 15) is 18.0 Å². The van der Waals surface area contributed by atoms with Gasteiger partial charge in [0, 0.05) is 19.5 Å². The largest absolute Gasteiger partial charge is 0.492 e. The lowest BCUT2D eigenvalue weighted by atomic mass is 9.93. The molecule has 0 amide bonds. The van der Waals surface area contributed by atoms with Crippen LogP contribution in [0.2, 0.25) is 0 Å². The lowest BCUT2D eigenvalue weighted by molar-refractivity contribution is -0.139. The Labute approximate surface area is 139 Å². The van der Waals surface area contributed by atoms with Crippen LogP contribution < -0.4 is 4.74 Å². The number of ether oxygens (including phenoxy) is 1. The molecule has 24 heavy (non-hydrogen) atoms. The third-order valence-corrected chi connectivity index (χ3v) is 4.23. The molecule has 4 nitrogen and oxygen atoms in total. The summed E-state index contributed by atoms with van der Waals surface area (Å²) in [6.07, 6.45) is -1.65. The second kappa shape index (κ2) is 8.37. The number of piperidine rings is 1. The molecule has 1 aromatic rings. The van der Waals surface area contributed by atoms with Crippen molar-refractivity contribution in [3.8, 4) is 5.75 Å². The Morgan fingerprint density at radius 3 is 2.79 bits per heavy atom. The summed E-state index contributed by atoms with van der Waals surface area (Å²) in [6, 6.07) is 5.20. The summed E-state index contributed by atoms with van der Waals surface area (Å²) in [5.74, 6) is -0.610. The maximum atomic E-state index is 12.9. The quantitative estimate of drug-likeness (QED) is 0.819. The minimum atomic E-state index is -4.43. The third kappa shape index (κ3) is 5.70. The number of para-hydroxylation sites is 1. The lowest BCUT2D eigenvalue weighted by Crippen LogP contribution is -2.38. The van der Waals surface area contributed by atoms with Crippen molar-refractivity contribution in [3.63, 3.8) is 0 Å². The van der Waals surface area contributed by atoms with Gasteiger partial charge in [-0.2, -0.15) is 13.2 Å². The van der Waals surface area contributed by atoms with Gasteiger partial charge in [-0.3, -0.25) is 9.69 Å². The van der Waals surface area contributed by atoms with Gasteiger partial charge < -0.3 is 9.84 Å². The van der Waals surface area contributed by atoms with Crippen LogP contribution in [0.25, 0.3) is 0 Å². The Kier molecular flexibility index (Phi) is 6.48. The summed E-state index contributed by atoms with van der Waals surface area (Å²) in [4.78, 5) is 12.8. The summed E-state index contributed by atoms with van der Waals surface area (Å²) < 4.78 is 44.0. The zero-order valence-corrected chi connectivity index (χ0v) is 13.4. The monoisotopic (exact) mass is 345 g/mol. The van der Waals surface area contributed by atoms with E-state index in [-0.39, 0.29) is 18.8 Å². The van der Waals surface area contributed by atoms with Gasteiger partial charge >= 0.3 is 12.1 Å². The first-order valence-corrected chi connectivity index (χ1v) is 8.09. The molecule has 1 N–H and O–H groups in total. The maximum absolute atomic E-state index is 12.9. The zero-order valence-electron chi connectivity index (χ0n) is 13.4. The molecule has 1 fully saturated rings. The molecule has 1 atom stereocenters. The van der Waals surface area contributed by atoms with E-state index < -0.39 is 17.7 Å². The van der Waals surface area contributed by atoms with Crippen LogP contribution in [-0.4, -0.2) is 42.2 Å². The third-order valence-electron chi connectivity index (χ3n) is 4.23. The predicted octanol–water partition coefficient (Wildman–Crippen LogP) is 3.66. The smallest absolute Gasteiger partial charge is 0.419 e. The molecule has 1 heterocycles. The molecule has 134 valence electrons. The van der Waals surface area contributed by atoms with Crippen LogP contribution in [0.4, 0.5) is 13.2 Å². The Morgan fingerprint density at radius 2 is 2.08 bits per heavy atom. The fraction of sp³-hybridized carbons (Fsp3) is 0.588. The van der Waals surface area contributed by atoms with Gasteiger partial charge in [0.05, 0.1) is 5.56 Å². The zero-order chi connectivity index (χ0) is 17.6. The first kappa shape index (κ1) is 18.6. The van der Waals surface area contributed by atoms with Crippen molar-refractivity contribution in [1.82, 2.24) is 4.90 Å². The minimum Gasteiger partial charge on any atom is -0.492 e. The highest BCUT2D eigenvalue weighted by atomic mass is 19.4. The van der Waals surface area contributed by atoms with Crippen LogP contribution in [0, 0.1) is 5.92 Å². The van der Waals surface area contributed by atoms with Gasteiger partial charge in [0.25, 0.3) is 0 Å². The lowest BCUT2D eigenvalue weighted by Gasteiger charge is -2.32. The Hall–Kier alpha value is -1.76. The molecule has 1 aromatic carbocycles. The molecule has 0 aromatic heterocycles. The summed E-state index contributed by atoms with van der Waals surface area (Å²) in [6.45, 7) is 2.36. The standard InChI is InChI=1S/C17H22F3NO3/c18-17(19,20)14-5-1-2-6-15(14)24-11-10-21-9-3-4-13(12-21)7-8-16(22)23/h1-2,5-6,13H,3-4,7-12H2,(H,22,23). The fourth-order valence-corrected chi connectivity index (χ4v) is 3.03. The van der Waals surface area contributed by atoms with E-state index in [2.05, 4.69) is 4.90 Å². The highest BCUT2D eigenvalue weighted by Gasteiger charge is 2.34. The molecule has 0 radical (unpaired) electrons. The minimum absolute atomic E-state index is 0.149. The van der Waals surface area contributed by atoms with Crippen LogP contribution in [0.3, 0.4) is 0 Å². The summed E-state index contributed by atoms with van der Waals surface area (Å²) in [5, 5.41) is 8.74. The predicted molar refractivity (Wildman–Crippen MR) is 83.0 cm³/mol. The highest BCUT2D eigenvalue weighted by Crippen LogP contribution is 2.35. The van der Waals surface area contributed by atoms with Crippen molar-refractivity contribution in [2.75, 3.05) is 26.2 Å². The van der Waals surface area contributed by atoms with Crippen LogP contribution in [0.5, 0.6) is 5.75 Å². The van der Waals surface area contributed by atoms with Gasteiger partial charge in [-0.25, -0.2) is 0 Å². The number of carbonyl (C=O) groups is 1. The van der Waals surface area contributed by atoms with Crippen LogP contribution in [-0.2, 0) is 11.0 Å². The topological polar surface area (TPSA) is 49.8 Å². The Balaban J connectivity index is 1.81. The van der Waals surface area contributed by atoms with Gasteiger partial charge in [0.1, 0.15) is 12.4 Å². The number of likely N-dealkylation sites (tertiary alicyclic amines) is 1. The first-order chi connectivity index (χ1) is 11.4. The van der Waals surface area contributed by atoms with Gasteiger partial charge in [-0.05, 0) is 43.9 Å². The number of hydrogen-bond donors (Lipinski definition) is 1. The molecule has 0 aliphatic carbocycles. The molecule has 1 aliphatic heterocycles. The van der Waals surface area contributed by atoms with Gasteiger partial charge in [-0.15, -0.1) is 0 Å². The molecule has 1 aliphatic rings. The van der Waals surface area contributed by atoms with Crippen molar-refractivity contribution in [2.24, 2.45) is 5.92 Å². The molecule has 1 unspecified atom stereocenters. The maximum Gasteiger partial charge on any atom is 0.419 e. The molecule has 7 heteroatoms. The van der Waals surface area contributed by atoms with Gasteiger partial charge in [0.15, 0.2) is 0 Å². The van der Waals surface area contributed by atoms with Crippen molar-refractivity contribution in [2.45, 2.75) is 31.9 Å². The number of benzene rings is 1. The molecule has 0 bridgehead atoms. The number of carboxylic acids is 1. The van der Waals surface area contributed by atoms with Crippen molar-refractivity contribution < 1.29 is 27.8 Å². The normalized spacial score (nSPS) is 19.2. The highest BCUT2D eigenvalue weighted by molar-refractivity contribution is 5.66. The fourth-order valence-electron chi connectivity index (χ4n) is 3.03. The number of halogens is 3. The molecule has 0 saturated carbocycles. The molecular formula is C17H22F3NO3. The summed E-state index contributed by atoms with van der Waals surface area (Å²) in [5.41, 5.74) is -0.761. The second-order valence-electron chi connectivity index (χ2n) is 6.08. The van der Waals surface area contributed by atoms with E-state index in [1.165, 1.54) is 18.2 Å². The number of hydrogen-bond acceptors (Lipinski definition) is 3. The van der Waals surface area contributed by atoms with Crippen LogP contribution in [0.15, 0.2) is 24.3 Å². The molecule has 2 rings (SSSR count).